The van der Waals surface area contributed by atoms with Gasteiger partial charge in [-0.05, 0) is 49.2 Å². The van der Waals surface area contributed by atoms with Gasteiger partial charge in [-0.15, -0.1) is 0 Å². The Bertz CT molecular complexity index is 876. The van der Waals surface area contributed by atoms with E-state index in [-0.39, 0.29) is 17.0 Å². The largest absolute Gasteiger partial charge is 0.342 e. The first kappa shape index (κ1) is 19.2. The first-order valence-corrected chi connectivity index (χ1v) is 9.81. The maximum Gasteiger partial charge on any atom is 0.240 e. The van der Waals surface area contributed by atoms with E-state index in [9.17, 15) is 9.18 Å². The van der Waals surface area contributed by atoms with Crippen LogP contribution < -0.4 is 0 Å². The van der Waals surface area contributed by atoms with Crippen LogP contribution in [0.1, 0.15) is 24.7 Å². The van der Waals surface area contributed by atoms with Crippen molar-refractivity contribution in [2.45, 2.75) is 24.3 Å². The van der Waals surface area contributed by atoms with Crippen molar-refractivity contribution in [2.24, 2.45) is 0 Å². The Kier molecular flexibility index (Phi) is 6.29. The van der Waals surface area contributed by atoms with Crippen LogP contribution in [0.5, 0.6) is 0 Å². The summed E-state index contributed by atoms with van der Waals surface area (Å²) in [5.74, 6) is -0.210. The zero-order chi connectivity index (χ0) is 19.2. The molecule has 1 heterocycles. The molecule has 0 aliphatic rings. The van der Waals surface area contributed by atoms with Gasteiger partial charge in [-0.25, -0.2) is 9.37 Å². The molecule has 1 aromatic heterocycles. The molecule has 1 atom stereocenters. The van der Waals surface area contributed by atoms with Gasteiger partial charge in [0.25, 0.3) is 0 Å². The van der Waals surface area contributed by atoms with Crippen molar-refractivity contribution in [1.29, 1.82) is 0 Å². The highest BCUT2D eigenvalue weighted by atomic mass is 32.2. The molecule has 3 aromatic rings. The van der Waals surface area contributed by atoms with E-state index in [0.29, 0.717) is 18.2 Å². The van der Waals surface area contributed by atoms with Crippen LogP contribution in [0, 0.1) is 5.82 Å². The Morgan fingerprint density at radius 1 is 1.11 bits per heavy atom. The van der Waals surface area contributed by atoms with E-state index >= 15 is 0 Å². The van der Waals surface area contributed by atoms with Crippen LogP contribution in [0.25, 0.3) is 11.3 Å². The van der Waals surface area contributed by atoms with Crippen LogP contribution in [0.3, 0.4) is 0 Å². The molecule has 0 radical (unpaired) electrons. The number of nitrogens with zero attached hydrogens (tertiary/aromatic N) is 2. The molecule has 4 nitrogen and oxygen atoms in total. The van der Waals surface area contributed by atoms with Crippen LogP contribution in [0.15, 0.2) is 66.0 Å². The van der Waals surface area contributed by atoms with Crippen LogP contribution in [0.4, 0.5) is 4.39 Å². The molecule has 2 aromatic carbocycles. The minimum atomic E-state index is -0.377. The number of halogens is 1. The molecule has 0 bridgehead atoms. The first-order valence-electron chi connectivity index (χ1n) is 8.93. The molecule has 0 aliphatic carbocycles. The summed E-state index contributed by atoms with van der Waals surface area (Å²) < 4.78 is 13.1. The highest BCUT2D eigenvalue weighted by Crippen LogP contribution is 2.36. The smallest absolute Gasteiger partial charge is 0.240 e. The number of nitrogens with one attached hydrogen (secondary N) is 1. The average molecular weight is 383 g/mol. The van der Waals surface area contributed by atoms with Gasteiger partial charge in [0.05, 0.1) is 11.9 Å². The van der Waals surface area contributed by atoms with Gasteiger partial charge in [0.1, 0.15) is 11.1 Å². The van der Waals surface area contributed by atoms with Gasteiger partial charge in [0.2, 0.25) is 5.91 Å². The minimum absolute atomic E-state index is 0.0657. The average Bonchev–Trinajstić information content (AvgIpc) is 3.17. The summed E-state index contributed by atoms with van der Waals surface area (Å²) in [5, 5.41) is 0.280. The number of hydrogen-bond acceptors (Lipinski definition) is 3. The third-order valence-corrected chi connectivity index (χ3v) is 5.48. The second kappa shape index (κ2) is 8.86. The quantitative estimate of drug-likeness (QED) is 0.589. The number of likely N-dealkylation sites (N-methyl/N-ethyl adjacent to an activating group) is 1. The van der Waals surface area contributed by atoms with Gasteiger partial charge < -0.3 is 9.88 Å². The number of hydrogen-bond donors (Lipinski definition) is 1. The lowest BCUT2D eigenvalue weighted by Crippen LogP contribution is -2.33. The van der Waals surface area contributed by atoms with E-state index < -0.39 is 0 Å². The predicted octanol–water partition coefficient (Wildman–Crippen LogP) is 4.92. The Balaban J connectivity index is 1.86. The Labute approximate surface area is 162 Å². The lowest BCUT2D eigenvalue weighted by atomic mass is 10.1. The van der Waals surface area contributed by atoms with Crippen LogP contribution in [-0.2, 0) is 4.79 Å². The number of thioether (sulfide) groups is 1. The molecule has 3 rings (SSSR count). The van der Waals surface area contributed by atoms with Crippen molar-refractivity contribution in [3.05, 3.63) is 72.2 Å². The molecule has 27 heavy (non-hydrogen) atoms. The van der Waals surface area contributed by atoms with Crippen molar-refractivity contribution >= 4 is 17.7 Å². The fourth-order valence-electron chi connectivity index (χ4n) is 2.84. The predicted molar refractivity (Wildman–Crippen MR) is 107 cm³/mol. The van der Waals surface area contributed by atoms with E-state index in [2.05, 4.69) is 9.97 Å². The Morgan fingerprint density at radius 2 is 1.78 bits per heavy atom. The van der Waals surface area contributed by atoms with E-state index in [4.69, 9.17) is 0 Å². The molecule has 0 spiro atoms. The summed E-state index contributed by atoms with van der Waals surface area (Å²) in [5.41, 5.74) is 2.58. The second-order valence-corrected chi connectivity index (χ2v) is 7.12. The number of H-pyrrole nitrogens is 1. The van der Waals surface area contributed by atoms with Crippen molar-refractivity contribution in [3.8, 4) is 11.3 Å². The Morgan fingerprint density at radius 3 is 2.41 bits per heavy atom. The van der Waals surface area contributed by atoms with Crippen LogP contribution in [0.2, 0.25) is 0 Å². The third kappa shape index (κ3) is 4.57. The summed E-state index contributed by atoms with van der Waals surface area (Å²) >= 11 is 1.40. The summed E-state index contributed by atoms with van der Waals surface area (Å²) in [4.78, 5) is 22.5. The van der Waals surface area contributed by atoms with E-state index in [1.54, 1.807) is 18.3 Å². The number of amides is 1. The zero-order valence-corrected chi connectivity index (χ0v) is 16.2. The number of imidazole rings is 1. The van der Waals surface area contributed by atoms with Crippen LogP contribution >= 0.6 is 11.8 Å². The molecule has 1 N–H and O–H groups in total. The number of carbonyl (C=O) groups is 1. The maximum absolute atomic E-state index is 13.1. The number of aromatic amines is 1. The molecular weight excluding hydrogens is 361 g/mol. The van der Waals surface area contributed by atoms with Gasteiger partial charge in [-0.1, -0.05) is 42.1 Å². The number of carbonyl (C=O) groups excluding carboxylic acids is 1. The molecular formula is C21H22FN3OS. The van der Waals surface area contributed by atoms with Crippen molar-refractivity contribution in [2.75, 3.05) is 13.1 Å². The summed E-state index contributed by atoms with van der Waals surface area (Å²) in [6, 6.07) is 16.0. The summed E-state index contributed by atoms with van der Waals surface area (Å²) in [6.45, 7) is 5.29. The monoisotopic (exact) mass is 383 g/mol. The SMILES string of the molecule is CCN(CC)C(=O)C(Sc1ncc(-c2ccc(F)cc2)[nH]1)c1ccccc1. The summed E-state index contributed by atoms with van der Waals surface area (Å²) in [7, 11) is 0. The molecule has 0 aliphatic heterocycles. The molecule has 1 unspecified atom stereocenters. The molecule has 0 saturated carbocycles. The normalized spacial score (nSPS) is 12.0. The number of benzene rings is 2. The lowest BCUT2D eigenvalue weighted by molar-refractivity contribution is -0.130. The minimum Gasteiger partial charge on any atom is -0.342 e. The second-order valence-electron chi connectivity index (χ2n) is 6.03. The highest BCUT2D eigenvalue weighted by molar-refractivity contribution is 8.00. The van der Waals surface area contributed by atoms with Gasteiger partial charge in [-0.2, -0.15) is 0 Å². The third-order valence-electron chi connectivity index (χ3n) is 4.34. The van der Waals surface area contributed by atoms with Crippen molar-refractivity contribution < 1.29 is 9.18 Å². The highest BCUT2D eigenvalue weighted by Gasteiger charge is 2.26. The fourth-order valence-corrected chi connectivity index (χ4v) is 3.89. The van der Waals surface area contributed by atoms with Gasteiger partial charge in [-0.3, -0.25) is 4.79 Å². The summed E-state index contributed by atoms with van der Waals surface area (Å²) in [6.07, 6.45) is 1.71. The standard InChI is InChI=1S/C21H22FN3OS/c1-3-25(4-2)20(26)19(16-8-6-5-7-9-16)27-21-23-14-18(24-21)15-10-12-17(22)13-11-15/h5-14,19H,3-4H2,1-2H3,(H,23,24). The van der Waals surface area contributed by atoms with E-state index in [0.717, 1.165) is 16.8 Å². The van der Waals surface area contributed by atoms with E-state index in [1.807, 2.05) is 49.1 Å². The van der Waals surface area contributed by atoms with Gasteiger partial charge in [0, 0.05) is 13.1 Å². The first-order chi connectivity index (χ1) is 13.1. The fraction of sp³-hybridized carbons (Fsp3) is 0.238. The van der Waals surface area contributed by atoms with Crippen molar-refractivity contribution in [3.63, 3.8) is 0 Å². The zero-order valence-electron chi connectivity index (χ0n) is 15.4. The molecule has 0 fully saturated rings. The molecule has 1 amide bonds. The molecule has 140 valence electrons. The van der Waals surface area contributed by atoms with Crippen molar-refractivity contribution in [1.82, 2.24) is 14.9 Å². The molecule has 0 saturated heterocycles. The van der Waals surface area contributed by atoms with Gasteiger partial charge >= 0.3 is 0 Å². The van der Waals surface area contributed by atoms with E-state index in [1.165, 1.54) is 23.9 Å². The van der Waals surface area contributed by atoms with Crippen LogP contribution in [-0.4, -0.2) is 33.9 Å². The number of aromatic nitrogens is 2. The maximum atomic E-state index is 13.1. The Hall–Kier alpha value is -2.60. The lowest BCUT2D eigenvalue weighted by Gasteiger charge is -2.24. The topological polar surface area (TPSA) is 49.0 Å². The van der Waals surface area contributed by atoms with Gasteiger partial charge in [0.15, 0.2) is 5.16 Å². The number of rotatable bonds is 7. The molecule has 6 heteroatoms.